The van der Waals surface area contributed by atoms with Crippen LogP contribution in [0.5, 0.6) is 5.75 Å². The third-order valence-electron chi connectivity index (χ3n) is 3.54. The number of carbonyl (C=O) groups excluding carboxylic acids is 1. The second-order valence-electron chi connectivity index (χ2n) is 5.23. The van der Waals surface area contributed by atoms with E-state index in [2.05, 4.69) is 0 Å². The van der Waals surface area contributed by atoms with E-state index in [4.69, 9.17) is 4.74 Å². The van der Waals surface area contributed by atoms with Gasteiger partial charge >= 0.3 is 0 Å². The van der Waals surface area contributed by atoms with E-state index in [0.29, 0.717) is 13.2 Å². The number of benzene rings is 1. The van der Waals surface area contributed by atoms with E-state index in [-0.39, 0.29) is 22.9 Å². The second kappa shape index (κ2) is 6.53. The van der Waals surface area contributed by atoms with Crippen LogP contribution in [0.2, 0.25) is 0 Å². The van der Waals surface area contributed by atoms with E-state index in [1.54, 1.807) is 7.05 Å². The normalized spacial score (nSPS) is 18.2. The number of ether oxygens (including phenoxy) is 1. The molecule has 1 fully saturated rings. The number of nitrogens with zero attached hydrogens (tertiary/aromatic N) is 2. The lowest BCUT2D eigenvalue weighted by molar-refractivity contribution is -0.385. The quantitative estimate of drug-likeness (QED) is 0.675. The van der Waals surface area contributed by atoms with Crippen molar-refractivity contribution in [3.63, 3.8) is 0 Å². The van der Waals surface area contributed by atoms with Crippen LogP contribution in [0.3, 0.4) is 0 Å². The molecule has 1 heterocycles. The number of phenolic OH excluding ortho intramolecular Hbond substituents is 1. The van der Waals surface area contributed by atoms with Gasteiger partial charge in [-0.1, -0.05) is 0 Å². The third-order valence-corrected chi connectivity index (χ3v) is 3.54. The Bertz CT molecular complexity index is 540. The topological polar surface area (TPSA) is 92.9 Å². The van der Waals surface area contributed by atoms with E-state index in [0.717, 1.165) is 31.6 Å². The number of nitro benzene ring substituents is 1. The van der Waals surface area contributed by atoms with Crippen LogP contribution < -0.4 is 0 Å². The monoisotopic (exact) mass is 294 g/mol. The van der Waals surface area contributed by atoms with E-state index in [1.807, 2.05) is 0 Å². The fourth-order valence-electron chi connectivity index (χ4n) is 2.48. The zero-order valence-corrected chi connectivity index (χ0v) is 11.8. The molecule has 1 aliphatic heterocycles. The fraction of sp³-hybridized carbons (Fsp3) is 0.500. The first kappa shape index (κ1) is 15.2. The smallest absolute Gasteiger partial charge is 0.282 e. The summed E-state index contributed by atoms with van der Waals surface area (Å²) in [5.74, 6) is -0.398. The average molecular weight is 294 g/mol. The summed E-state index contributed by atoms with van der Waals surface area (Å²) in [5.41, 5.74) is -0.399. The minimum Gasteiger partial charge on any atom is -0.508 e. The highest BCUT2D eigenvalue weighted by atomic mass is 16.6. The Morgan fingerprint density at radius 1 is 1.57 bits per heavy atom. The van der Waals surface area contributed by atoms with Crippen molar-refractivity contribution in [3.8, 4) is 5.75 Å². The second-order valence-corrected chi connectivity index (χ2v) is 5.23. The molecule has 1 aliphatic rings. The predicted molar refractivity (Wildman–Crippen MR) is 75.3 cm³/mol. The zero-order chi connectivity index (χ0) is 15.4. The maximum Gasteiger partial charge on any atom is 0.282 e. The first-order chi connectivity index (χ1) is 9.99. The Kier molecular flexibility index (Phi) is 4.74. The number of amides is 1. The van der Waals surface area contributed by atoms with Gasteiger partial charge in [-0.3, -0.25) is 14.9 Å². The molecule has 0 aromatic heterocycles. The minimum atomic E-state index is -0.621. The first-order valence-electron chi connectivity index (χ1n) is 6.79. The Balaban J connectivity index is 2.14. The minimum absolute atomic E-state index is 0.0979. The van der Waals surface area contributed by atoms with Crippen molar-refractivity contribution in [2.45, 2.75) is 12.8 Å². The molecule has 1 aromatic carbocycles. The van der Waals surface area contributed by atoms with Crippen molar-refractivity contribution < 1.29 is 19.6 Å². The van der Waals surface area contributed by atoms with Crippen molar-refractivity contribution in [2.24, 2.45) is 5.92 Å². The van der Waals surface area contributed by atoms with E-state index < -0.39 is 10.8 Å². The molecular formula is C14H18N2O5. The molecule has 0 radical (unpaired) electrons. The largest absolute Gasteiger partial charge is 0.508 e. The molecule has 1 atom stereocenters. The number of hydrogen-bond acceptors (Lipinski definition) is 5. The van der Waals surface area contributed by atoms with Gasteiger partial charge in [0.2, 0.25) is 0 Å². The molecule has 114 valence electrons. The van der Waals surface area contributed by atoms with E-state index in [9.17, 15) is 20.0 Å². The van der Waals surface area contributed by atoms with Crippen LogP contribution >= 0.6 is 0 Å². The summed E-state index contributed by atoms with van der Waals surface area (Å²) in [6, 6.07) is 3.47. The fourth-order valence-corrected chi connectivity index (χ4v) is 2.48. The maximum absolute atomic E-state index is 12.4. The van der Waals surface area contributed by atoms with Gasteiger partial charge in [0.05, 0.1) is 11.5 Å². The van der Waals surface area contributed by atoms with E-state index >= 15 is 0 Å². The molecule has 21 heavy (non-hydrogen) atoms. The van der Waals surface area contributed by atoms with Crippen molar-refractivity contribution in [2.75, 3.05) is 26.8 Å². The number of phenols is 1. The standard InChI is InChI=1S/C14H18N2O5/c1-15(8-10-3-2-6-21-9-10)14(18)12-7-11(17)4-5-13(12)16(19)20/h4-5,7,10,17H,2-3,6,8-9H2,1H3. The van der Waals surface area contributed by atoms with Crippen molar-refractivity contribution >= 4 is 11.6 Å². The summed E-state index contributed by atoms with van der Waals surface area (Å²) in [6.45, 7) is 1.82. The van der Waals surface area contributed by atoms with E-state index in [1.165, 1.54) is 11.0 Å². The average Bonchev–Trinajstić information content (AvgIpc) is 2.47. The van der Waals surface area contributed by atoms with Gasteiger partial charge in [0.1, 0.15) is 11.3 Å². The summed E-state index contributed by atoms with van der Waals surface area (Å²) in [7, 11) is 1.60. The van der Waals surface area contributed by atoms with Gasteiger partial charge in [0.25, 0.3) is 11.6 Å². The lowest BCUT2D eigenvalue weighted by Crippen LogP contribution is -2.35. The molecule has 0 spiro atoms. The summed E-state index contributed by atoms with van der Waals surface area (Å²) >= 11 is 0. The molecule has 1 aromatic rings. The molecule has 1 N–H and O–H groups in total. The molecule has 1 amide bonds. The van der Waals surface area contributed by atoms with Gasteiger partial charge < -0.3 is 14.7 Å². The van der Waals surface area contributed by atoms with Gasteiger partial charge in [0, 0.05) is 26.3 Å². The lowest BCUT2D eigenvalue weighted by Gasteiger charge is -2.27. The predicted octanol–water partition coefficient (Wildman–Crippen LogP) is 1.80. The summed E-state index contributed by atoms with van der Waals surface area (Å²) in [4.78, 5) is 24.2. The molecule has 0 bridgehead atoms. The van der Waals surface area contributed by atoms with Gasteiger partial charge in [-0.05, 0) is 30.9 Å². The SMILES string of the molecule is CN(CC1CCCOC1)C(=O)c1cc(O)ccc1[N+](=O)[O-]. The molecule has 7 heteroatoms. The number of nitro groups is 1. The highest BCUT2D eigenvalue weighted by Gasteiger charge is 2.25. The van der Waals surface area contributed by atoms with Crippen molar-refractivity contribution in [1.82, 2.24) is 4.90 Å². The highest BCUT2D eigenvalue weighted by molar-refractivity contribution is 5.98. The van der Waals surface area contributed by atoms with Crippen LogP contribution in [0.15, 0.2) is 18.2 Å². The molecule has 1 unspecified atom stereocenters. The number of carbonyl (C=O) groups is 1. The van der Waals surface area contributed by atoms with Gasteiger partial charge in [-0.15, -0.1) is 0 Å². The Morgan fingerprint density at radius 2 is 2.33 bits per heavy atom. The molecular weight excluding hydrogens is 276 g/mol. The van der Waals surface area contributed by atoms with Crippen molar-refractivity contribution in [3.05, 3.63) is 33.9 Å². The summed E-state index contributed by atoms with van der Waals surface area (Å²) < 4.78 is 5.36. The van der Waals surface area contributed by atoms with Gasteiger partial charge in [-0.25, -0.2) is 0 Å². The first-order valence-corrected chi connectivity index (χ1v) is 6.79. The Morgan fingerprint density at radius 3 is 2.95 bits per heavy atom. The lowest BCUT2D eigenvalue weighted by atomic mass is 10.0. The van der Waals surface area contributed by atoms with Crippen LogP contribution in [-0.2, 0) is 4.74 Å². The summed E-state index contributed by atoms with van der Waals surface area (Å²) in [6.07, 6.45) is 1.93. The molecule has 0 saturated carbocycles. The third kappa shape index (κ3) is 3.69. The number of hydrogen-bond donors (Lipinski definition) is 1. The summed E-state index contributed by atoms with van der Waals surface area (Å²) in [5, 5.41) is 20.4. The Hall–Kier alpha value is -2.15. The van der Waals surface area contributed by atoms with Crippen LogP contribution in [0.25, 0.3) is 0 Å². The van der Waals surface area contributed by atoms with Gasteiger partial charge in [0.15, 0.2) is 0 Å². The van der Waals surface area contributed by atoms with Crippen LogP contribution in [0.1, 0.15) is 23.2 Å². The Labute approximate surface area is 122 Å². The number of aromatic hydroxyl groups is 1. The van der Waals surface area contributed by atoms with Crippen LogP contribution in [0, 0.1) is 16.0 Å². The molecule has 2 rings (SSSR count). The van der Waals surface area contributed by atoms with Crippen molar-refractivity contribution in [1.29, 1.82) is 0 Å². The molecule has 7 nitrogen and oxygen atoms in total. The van der Waals surface area contributed by atoms with Crippen LogP contribution in [-0.4, -0.2) is 47.6 Å². The highest BCUT2D eigenvalue weighted by Crippen LogP contribution is 2.25. The maximum atomic E-state index is 12.4. The molecule has 0 aliphatic carbocycles. The molecule has 1 saturated heterocycles. The zero-order valence-electron chi connectivity index (χ0n) is 11.8. The van der Waals surface area contributed by atoms with Crippen LogP contribution in [0.4, 0.5) is 5.69 Å². The van der Waals surface area contributed by atoms with Gasteiger partial charge in [-0.2, -0.15) is 0 Å². The number of rotatable bonds is 4.